The van der Waals surface area contributed by atoms with Gasteiger partial charge in [-0.15, -0.1) is 0 Å². The molecule has 0 spiro atoms. The highest BCUT2D eigenvalue weighted by atomic mass is 16.2. The maximum atomic E-state index is 12.8. The summed E-state index contributed by atoms with van der Waals surface area (Å²) in [5.41, 5.74) is -0.176. The van der Waals surface area contributed by atoms with Crippen LogP contribution in [0.25, 0.3) is 0 Å². The summed E-state index contributed by atoms with van der Waals surface area (Å²) in [5, 5.41) is 6.48. The van der Waals surface area contributed by atoms with Crippen LogP contribution in [0.1, 0.15) is 45.4 Å². The van der Waals surface area contributed by atoms with Crippen LogP contribution in [-0.4, -0.2) is 48.9 Å². The van der Waals surface area contributed by atoms with Gasteiger partial charge in [-0.2, -0.15) is 0 Å². The van der Waals surface area contributed by atoms with Crippen molar-refractivity contribution in [2.45, 2.75) is 51.5 Å². The zero-order chi connectivity index (χ0) is 14.9. The lowest BCUT2D eigenvalue weighted by Gasteiger charge is -2.38. The molecule has 1 unspecified atom stereocenters. The second-order valence-corrected chi connectivity index (χ2v) is 6.91. The molecule has 2 aliphatic heterocycles. The molecule has 0 aromatic heterocycles. The first-order chi connectivity index (χ1) is 10.1. The highest BCUT2D eigenvalue weighted by Crippen LogP contribution is 2.33. The average Bonchev–Trinajstić information content (AvgIpc) is 3.25. The Morgan fingerprint density at radius 3 is 2.48 bits per heavy atom. The molecule has 1 saturated carbocycles. The number of piperidine rings is 1. The molecule has 1 atom stereocenters. The van der Waals surface area contributed by atoms with Gasteiger partial charge < -0.3 is 15.5 Å². The fourth-order valence-electron chi connectivity index (χ4n) is 3.61. The van der Waals surface area contributed by atoms with Gasteiger partial charge in [-0.1, -0.05) is 6.92 Å². The molecule has 2 heterocycles. The summed E-state index contributed by atoms with van der Waals surface area (Å²) in [6.07, 6.45) is 5.77. The van der Waals surface area contributed by atoms with E-state index in [1.54, 1.807) is 0 Å². The highest BCUT2D eigenvalue weighted by molar-refractivity contribution is 5.84. The standard InChI is InChI=1S/C16H27N3O2/c1-2-16(7-8-17-11-16)15(21)19-9-5-13(6-10-19)18-14(20)12-3-4-12/h12-13,17H,2-11H2,1H3,(H,18,20). The third-order valence-corrected chi connectivity index (χ3v) is 5.45. The molecule has 2 amide bonds. The van der Waals surface area contributed by atoms with Gasteiger partial charge >= 0.3 is 0 Å². The van der Waals surface area contributed by atoms with Crippen LogP contribution in [0.4, 0.5) is 0 Å². The van der Waals surface area contributed by atoms with E-state index in [9.17, 15) is 9.59 Å². The van der Waals surface area contributed by atoms with Gasteiger partial charge in [0, 0.05) is 31.6 Å². The van der Waals surface area contributed by atoms with Crippen LogP contribution in [0.15, 0.2) is 0 Å². The molecular weight excluding hydrogens is 266 g/mol. The van der Waals surface area contributed by atoms with Crippen LogP contribution < -0.4 is 10.6 Å². The van der Waals surface area contributed by atoms with E-state index in [4.69, 9.17) is 0 Å². The number of hydrogen-bond acceptors (Lipinski definition) is 3. The van der Waals surface area contributed by atoms with Crippen molar-refractivity contribution in [3.05, 3.63) is 0 Å². The monoisotopic (exact) mass is 293 g/mol. The smallest absolute Gasteiger partial charge is 0.230 e. The van der Waals surface area contributed by atoms with Crippen molar-refractivity contribution >= 4 is 11.8 Å². The van der Waals surface area contributed by atoms with E-state index >= 15 is 0 Å². The van der Waals surface area contributed by atoms with Gasteiger partial charge in [0.2, 0.25) is 11.8 Å². The van der Waals surface area contributed by atoms with Crippen LogP contribution in [0.5, 0.6) is 0 Å². The highest BCUT2D eigenvalue weighted by Gasteiger charge is 2.42. The average molecular weight is 293 g/mol. The van der Waals surface area contributed by atoms with E-state index in [0.29, 0.717) is 5.91 Å². The first-order valence-electron chi connectivity index (χ1n) is 8.45. The Labute approximate surface area is 126 Å². The molecule has 3 aliphatic rings. The Morgan fingerprint density at radius 1 is 1.24 bits per heavy atom. The van der Waals surface area contributed by atoms with Crippen molar-refractivity contribution in [3.63, 3.8) is 0 Å². The fraction of sp³-hybridized carbons (Fsp3) is 0.875. The van der Waals surface area contributed by atoms with E-state index < -0.39 is 0 Å². The first kappa shape index (κ1) is 14.8. The van der Waals surface area contributed by atoms with Crippen molar-refractivity contribution in [2.24, 2.45) is 11.3 Å². The lowest BCUT2D eigenvalue weighted by atomic mass is 9.82. The molecular formula is C16H27N3O2. The molecule has 1 aliphatic carbocycles. The van der Waals surface area contributed by atoms with E-state index in [1.807, 2.05) is 4.90 Å². The number of amides is 2. The van der Waals surface area contributed by atoms with Gasteiger partial charge in [-0.3, -0.25) is 9.59 Å². The van der Waals surface area contributed by atoms with Crippen LogP contribution in [0.2, 0.25) is 0 Å². The third kappa shape index (κ3) is 3.07. The minimum atomic E-state index is -0.176. The van der Waals surface area contributed by atoms with Crippen LogP contribution in [-0.2, 0) is 9.59 Å². The Morgan fingerprint density at radius 2 is 1.95 bits per heavy atom. The Bertz CT molecular complexity index is 406. The third-order valence-electron chi connectivity index (χ3n) is 5.45. The molecule has 5 nitrogen and oxygen atoms in total. The summed E-state index contributed by atoms with van der Waals surface area (Å²) in [6.45, 7) is 5.47. The maximum Gasteiger partial charge on any atom is 0.230 e. The SMILES string of the molecule is CCC1(C(=O)N2CCC(NC(=O)C3CC3)CC2)CCNC1. The topological polar surface area (TPSA) is 61.4 Å². The Balaban J connectivity index is 1.50. The van der Waals surface area contributed by atoms with Crippen LogP contribution in [0, 0.1) is 11.3 Å². The van der Waals surface area contributed by atoms with Gasteiger partial charge in [-0.25, -0.2) is 0 Å². The van der Waals surface area contributed by atoms with Crippen LogP contribution >= 0.6 is 0 Å². The quantitative estimate of drug-likeness (QED) is 0.809. The van der Waals surface area contributed by atoms with E-state index in [-0.39, 0.29) is 23.3 Å². The summed E-state index contributed by atoms with van der Waals surface area (Å²) in [6, 6.07) is 0.265. The minimum absolute atomic E-state index is 0.176. The molecule has 0 bridgehead atoms. The summed E-state index contributed by atoms with van der Waals surface area (Å²) >= 11 is 0. The number of carbonyl (C=O) groups excluding carboxylic acids is 2. The summed E-state index contributed by atoms with van der Waals surface area (Å²) < 4.78 is 0. The zero-order valence-electron chi connectivity index (χ0n) is 13.0. The molecule has 5 heteroatoms. The molecule has 0 aromatic rings. The number of nitrogens with zero attached hydrogens (tertiary/aromatic N) is 1. The van der Waals surface area contributed by atoms with Crippen molar-refractivity contribution in [3.8, 4) is 0 Å². The number of carbonyl (C=O) groups is 2. The predicted octanol–water partition coefficient (Wildman–Crippen LogP) is 0.893. The summed E-state index contributed by atoms with van der Waals surface area (Å²) in [5.74, 6) is 0.823. The first-order valence-corrected chi connectivity index (χ1v) is 8.45. The second-order valence-electron chi connectivity index (χ2n) is 6.91. The largest absolute Gasteiger partial charge is 0.353 e. The van der Waals surface area contributed by atoms with Gasteiger partial charge in [0.25, 0.3) is 0 Å². The Hall–Kier alpha value is -1.10. The molecule has 21 heavy (non-hydrogen) atoms. The van der Waals surface area contributed by atoms with E-state index in [2.05, 4.69) is 17.6 Å². The molecule has 2 saturated heterocycles. The van der Waals surface area contributed by atoms with Gasteiger partial charge in [0.1, 0.15) is 0 Å². The normalized spacial score (nSPS) is 30.4. The van der Waals surface area contributed by atoms with Crippen molar-refractivity contribution in [1.82, 2.24) is 15.5 Å². The molecule has 3 rings (SSSR count). The van der Waals surface area contributed by atoms with Crippen molar-refractivity contribution < 1.29 is 9.59 Å². The van der Waals surface area contributed by atoms with Crippen LogP contribution in [0.3, 0.4) is 0 Å². The maximum absolute atomic E-state index is 12.8. The summed E-state index contributed by atoms with van der Waals surface area (Å²) in [4.78, 5) is 26.6. The molecule has 2 N–H and O–H groups in total. The summed E-state index contributed by atoms with van der Waals surface area (Å²) in [7, 11) is 0. The molecule has 118 valence electrons. The number of rotatable bonds is 4. The van der Waals surface area contributed by atoms with E-state index in [0.717, 1.165) is 64.7 Å². The molecule has 0 aromatic carbocycles. The van der Waals surface area contributed by atoms with Gasteiger partial charge in [-0.05, 0) is 45.1 Å². The predicted molar refractivity (Wildman–Crippen MR) is 80.7 cm³/mol. The van der Waals surface area contributed by atoms with Gasteiger partial charge in [0.05, 0.1) is 5.41 Å². The van der Waals surface area contributed by atoms with Crippen molar-refractivity contribution in [2.75, 3.05) is 26.2 Å². The fourth-order valence-corrected chi connectivity index (χ4v) is 3.61. The number of nitrogens with one attached hydrogen (secondary N) is 2. The van der Waals surface area contributed by atoms with Gasteiger partial charge in [0.15, 0.2) is 0 Å². The number of hydrogen-bond donors (Lipinski definition) is 2. The lowest BCUT2D eigenvalue weighted by molar-refractivity contribution is -0.142. The second kappa shape index (κ2) is 5.95. The lowest BCUT2D eigenvalue weighted by Crippen LogP contribution is -2.51. The molecule has 0 radical (unpaired) electrons. The van der Waals surface area contributed by atoms with Crippen molar-refractivity contribution in [1.29, 1.82) is 0 Å². The zero-order valence-corrected chi connectivity index (χ0v) is 13.0. The molecule has 3 fully saturated rings. The minimum Gasteiger partial charge on any atom is -0.353 e. The Kier molecular flexibility index (Phi) is 4.20. The number of likely N-dealkylation sites (tertiary alicyclic amines) is 1. The van der Waals surface area contributed by atoms with E-state index in [1.165, 1.54) is 0 Å².